The molecule has 0 aliphatic rings. The van der Waals surface area contributed by atoms with Crippen LogP contribution in [0.25, 0.3) is 0 Å². The fourth-order valence-corrected chi connectivity index (χ4v) is 4.39. The highest BCUT2D eigenvalue weighted by Gasteiger charge is 2.08. The topological polar surface area (TPSA) is 0 Å². The van der Waals surface area contributed by atoms with Gasteiger partial charge in [0.05, 0.1) is 0 Å². The lowest BCUT2D eigenvalue weighted by Gasteiger charge is -2.16. The molecular formula is C30H58. The van der Waals surface area contributed by atoms with Crippen molar-refractivity contribution in [2.45, 2.75) is 155 Å². The Balaban J connectivity index is 3.35. The highest BCUT2D eigenvalue weighted by atomic mass is 14.1. The molecule has 0 aromatic carbocycles. The first-order valence-corrected chi connectivity index (χ1v) is 14.0. The predicted molar refractivity (Wildman–Crippen MR) is 140 cm³/mol. The van der Waals surface area contributed by atoms with Gasteiger partial charge in [-0.15, -0.1) is 0 Å². The monoisotopic (exact) mass is 418 g/mol. The van der Waals surface area contributed by atoms with E-state index in [0.717, 1.165) is 24.7 Å². The van der Waals surface area contributed by atoms with E-state index in [0.29, 0.717) is 0 Å². The van der Waals surface area contributed by atoms with E-state index in [-0.39, 0.29) is 0 Å². The average Bonchev–Trinajstić information content (AvgIpc) is 2.74. The Kier molecular flexibility index (Phi) is 24.8. The molecule has 1 atom stereocenters. The summed E-state index contributed by atoms with van der Waals surface area (Å²) in [6.07, 6.45) is 35.5. The van der Waals surface area contributed by atoms with Crippen molar-refractivity contribution in [2.75, 3.05) is 0 Å². The summed E-state index contributed by atoms with van der Waals surface area (Å²) in [6.45, 7) is 12.6. The molecule has 0 aromatic rings. The smallest absolute Gasteiger partial charge is 0.0210 e. The second kappa shape index (κ2) is 25.0. The molecule has 0 saturated carbocycles. The van der Waals surface area contributed by atoms with Crippen LogP contribution in [0.15, 0.2) is 12.2 Å². The lowest BCUT2D eigenvalue weighted by atomic mass is 9.89. The standard InChI is InChI=1S/C30H58/c1-5-7-9-11-12-13-14-15-16-17-18-19-20-21-22-23-24-26-28-30(29(3)4)27-25-10-8-6-2/h26,28-30H,1-2,5-25,27H2,3-4H3/b28-26+. The molecule has 0 saturated heterocycles. The molecular weight excluding hydrogens is 360 g/mol. The second-order valence-corrected chi connectivity index (χ2v) is 9.98. The summed E-state index contributed by atoms with van der Waals surface area (Å²) in [5, 5.41) is 0. The van der Waals surface area contributed by atoms with Crippen molar-refractivity contribution >= 4 is 0 Å². The summed E-state index contributed by atoms with van der Waals surface area (Å²) in [5.74, 6) is 1.57. The minimum atomic E-state index is 0.782. The Morgan fingerprint density at radius 1 is 0.500 bits per heavy atom. The Morgan fingerprint density at radius 3 is 1.27 bits per heavy atom. The van der Waals surface area contributed by atoms with Crippen molar-refractivity contribution in [3.63, 3.8) is 0 Å². The molecule has 0 fully saturated rings. The van der Waals surface area contributed by atoms with Gasteiger partial charge in [0.1, 0.15) is 0 Å². The van der Waals surface area contributed by atoms with Crippen LogP contribution in [0.5, 0.6) is 0 Å². The highest BCUT2D eigenvalue weighted by Crippen LogP contribution is 2.21. The number of rotatable bonds is 24. The zero-order valence-electron chi connectivity index (χ0n) is 21.3. The normalized spacial score (nSPS) is 13.0. The maximum absolute atomic E-state index is 3.95. The molecule has 0 heterocycles. The van der Waals surface area contributed by atoms with E-state index < -0.39 is 0 Å². The van der Waals surface area contributed by atoms with Gasteiger partial charge in [0, 0.05) is 0 Å². The molecule has 2 radical (unpaired) electrons. The van der Waals surface area contributed by atoms with Crippen molar-refractivity contribution in [3.8, 4) is 0 Å². The van der Waals surface area contributed by atoms with Gasteiger partial charge in [0.2, 0.25) is 0 Å². The number of allylic oxidation sites excluding steroid dienone is 2. The first kappa shape index (κ1) is 29.7. The Morgan fingerprint density at radius 2 is 0.867 bits per heavy atom. The fraction of sp³-hybridized carbons (Fsp3) is 0.867. The van der Waals surface area contributed by atoms with Crippen LogP contribution in [0.4, 0.5) is 0 Å². The van der Waals surface area contributed by atoms with Gasteiger partial charge in [-0.1, -0.05) is 162 Å². The molecule has 0 spiro atoms. The van der Waals surface area contributed by atoms with E-state index in [1.165, 1.54) is 128 Å². The van der Waals surface area contributed by atoms with E-state index in [1.807, 2.05) is 0 Å². The largest absolute Gasteiger partial charge is 0.0883 e. The van der Waals surface area contributed by atoms with Gasteiger partial charge in [-0.3, -0.25) is 0 Å². The van der Waals surface area contributed by atoms with Gasteiger partial charge in [-0.2, -0.15) is 0 Å². The van der Waals surface area contributed by atoms with Crippen molar-refractivity contribution in [1.29, 1.82) is 0 Å². The minimum Gasteiger partial charge on any atom is -0.0883 e. The lowest BCUT2D eigenvalue weighted by molar-refractivity contribution is 0.415. The molecule has 0 N–H and O–H groups in total. The summed E-state index contributed by atoms with van der Waals surface area (Å²) in [5.41, 5.74) is 0. The van der Waals surface area contributed by atoms with Crippen LogP contribution < -0.4 is 0 Å². The van der Waals surface area contributed by atoms with Gasteiger partial charge in [-0.05, 0) is 31.1 Å². The zero-order chi connectivity index (χ0) is 22.1. The van der Waals surface area contributed by atoms with E-state index in [9.17, 15) is 0 Å². The summed E-state index contributed by atoms with van der Waals surface area (Å²) in [4.78, 5) is 0. The highest BCUT2D eigenvalue weighted by molar-refractivity contribution is 4.89. The Labute approximate surface area is 193 Å². The summed E-state index contributed by atoms with van der Waals surface area (Å²) in [6, 6.07) is 0. The van der Waals surface area contributed by atoms with E-state index >= 15 is 0 Å². The molecule has 0 bridgehead atoms. The third-order valence-electron chi connectivity index (χ3n) is 6.65. The first-order chi connectivity index (χ1) is 14.7. The third kappa shape index (κ3) is 22.4. The molecule has 0 rings (SSSR count). The minimum absolute atomic E-state index is 0.782. The maximum atomic E-state index is 3.95. The summed E-state index contributed by atoms with van der Waals surface area (Å²) in [7, 11) is 0. The molecule has 0 aliphatic heterocycles. The van der Waals surface area contributed by atoms with E-state index in [4.69, 9.17) is 0 Å². The van der Waals surface area contributed by atoms with Crippen LogP contribution in [0.3, 0.4) is 0 Å². The zero-order valence-corrected chi connectivity index (χ0v) is 21.3. The number of hydrogen-bond acceptors (Lipinski definition) is 0. The molecule has 0 amide bonds. The average molecular weight is 419 g/mol. The van der Waals surface area contributed by atoms with Crippen molar-refractivity contribution < 1.29 is 0 Å². The Hall–Kier alpha value is -0.260. The summed E-state index contributed by atoms with van der Waals surface area (Å²) >= 11 is 0. The summed E-state index contributed by atoms with van der Waals surface area (Å²) < 4.78 is 0. The van der Waals surface area contributed by atoms with Gasteiger partial charge in [-0.25, -0.2) is 0 Å². The third-order valence-corrected chi connectivity index (χ3v) is 6.65. The lowest BCUT2D eigenvalue weighted by Crippen LogP contribution is -2.05. The van der Waals surface area contributed by atoms with E-state index in [2.05, 4.69) is 39.8 Å². The van der Waals surface area contributed by atoms with Gasteiger partial charge < -0.3 is 0 Å². The molecule has 0 aliphatic carbocycles. The second-order valence-electron chi connectivity index (χ2n) is 9.98. The number of hydrogen-bond donors (Lipinski definition) is 0. The quantitative estimate of drug-likeness (QED) is 0.108. The first-order valence-electron chi connectivity index (χ1n) is 14.0. The van der Waals surface area contributed by atoms with Gasteiger partial charge >= 0.3 is 0 Å². The van der Waals surface area contributed by atoms with Crippen molar-refractivity contribution in [1.82, 2.24) is 0 Å². The SMILES string of the molecule is [CH2]CCCCCCCCCCCCCCCCC/C=C/C(CCCCC[CH2])C(C)C. The maximum Gasteiger partial charge on any atom is -0.0210 e. The molecule has 0 aromatic heterocycles. The van der Waals surface area contributed by atoms with E-state index in [1.54, 1.807) is 0 Å². The Bertz CT molecular complexity index is 327. The fourth-order valence-electron chi connectivity index (χ4n) is 4.39. The van der Waals surface area contributed by atoms with Crippen LogP contribution in [-0.4, -0.2) is 0 Å². The van der Waals surface area contributed by atoms with Crippen LogP contribution in [0, 0.1) is 25.7 Å². The van der Waals surface area contributed by atoms with Gasteiger partial charge in [0.15, 0.2) is 0 Å². The van der Waals surface area contributed by atoms with Crippen molar-refractivity contribution in [2.24, 2.45) is 11.8 Å². The molecule has 0 heteroatoms. The predicted octanol–water partition coefficient (Wildman–Crippen LogP) is 11.1. The van der Waals surface area contributed by atoms with Gasteiger partial charge in [0.25, 0.3) is 0 Å². The van der Waals surface area contributed by atoms with Crippen LogP contribution >= 0.6 is 0 Å². The molecule has 178 valence electrons. The van der Waals surface area contributed by atoms with Crippen LogP contribution in [-0.2, 0) is 0 Å². The number of unbranched alkanes of at least 4 members (excludes halogenated alkanes) is 19. The van der Waals surface area contributed by atoms with Crippen LogP contribution in [0.2, 0.25) is 0 Å². The molecule has 30 heavy (non-hydrogen) atoms. The molecule has 1 unspecified atom stereocenters. The molecule has 0 nitrogen and oxygen atoms in total. The van der Waals surface area contributed by atoms with Crippen molar-refractivity contribution in [3.05, 3.63) is 26.0 Å². The van der Waals surface area contributed by atoms with Crippen LogP contribution in [0.1, 0.15) is 155 Å².